The highest BCUT2D eigenvalue weighted by Gasteiger charge is 2.76. The number of carboxylic acids is 2. The summed E-state index contributed by atoms with van der Waals surface area (Å²) in [6.07, 6.45) is -2.06. The molecule has 1 saturated carbocycles. The number of halogens is 1. The van der Waals surface area contributed by atoms with Crippen LogP contribution in [0.4, 0.5) is 5.69 Å². The van der Waals surface area contributed by atoms with Crippen LogP contribution in [0.2, 0.25) is 0 Å². The highest BCUT2D eigenvalue weighted by atomic mass is 79.9. The maximum atomic E-state index is 11.7. The molecule has 12 atom stereocenters. The van der Waals surface area contributed by atoms with Gasteiger partial charge in [0.2, 0.25) is 0 Å². The second kappa shape index (κ2) is 8.39. The lowest BCUT2D eigenvalue weighted by Gasteiger charge is -2.62. The summed E-state index contributed by atoms with van der Waals surface area (Å²) in [4.78, 5) is 24.4. The molecule has 5 fully saturated rings. The summed E-state index contributed by atoms with van der Waals surface area (Å²) in [6.45, 7) is 2.19. The minimum atomic E-state index is -2.27. The Morgan fingerprint density at radius 1 is 1.14 bits per heavy atom. The molecule has 4 saturated heterocycles. The van der Waals surface area contributed by atoms with Crippen molar-refractivity contribution >= 4 is 33.6 Å². The van der Waals surface area contributed by atoms with Gasteiger partial charge in [0.05, 0.1) is 12.1 Å². The van der Waals surface area contributed by atoms with E-state index in [9.17, 15) is 19.8 Å². The molecule has 1 spiro atoms. The van der Waals surface area contributed by atoms with Gasteiger partial charge in [-0.1, -0.05) is 22.9 Å². The fourth-order valence-electron chi connectivity index (χ4n) is 8.16. The van der Waals surface area contributed by atoms with Crippen molar-refractivity contribution in [2.45, 2.75) is 74.3 Å². The topological polar surface area (TPSA) is 162 Å². The Morgan fingerprint density at radius 3 is 2.34 bits per heavy atom. The summed E-state index contributed by atoms with van der Waals surface area (Å²) < 4.78 is 1.10. The van der Waals surface area contributed by atoms with Crippen molar-refractivity contribution < 1.29 is 40.2 Å². The average Bonchev–Trinajstić information content (AvgIpc) is 3.19. The average molecular weight is 555 g/mol. The van der Waals surface area contributed by atoms with Gasteiger partial charge in [0.1, 0.15) is 6.23 Å². The Kier molecular flexibility index (Phi) is 5.97. The number of hydrogen-bond acceptors (Lipinski definition) is 8. The van der Waals surface area contributed by atoms with Crippen LogP contribution in [-0.2, 0) is 15.0 Å². The zero-order valence-electron chi connectivity index (χ0n) is 19.4. The molecule has 0 amide bonds. The molecular formula is C24H31BrN2O8. The fourth-order valence-corrected chi connectivity index (χ4v) is 8.53. The summed E-state index contributed by atoms with van der Waals surface area (Å²) >= 11 is 3.65. The number of rotatable bonds is 4. The smallest absolute Gasteiger partial charge is 0.335 e. The summed E-state index contributed by atoms with van der Waals surface area (Å²) in [5.74, 6) is -2.45. The van der Waals surface area contributed by atoms with E-state index in [1.807, 2.05) is 0 Å². The number of fused-ring (bicyclic) bond motifs is 2. The molecule has 35 heavy (non-hydrogen) atoms. The molecule has 10 nitrogen and oxygen atoms in total. The van der Waals surface area contributed by atoms with Gasteiger partial charge in [0.15, 0.2) is 12.2 Å². The third-order valence-electron chi connectivity index (χ3n) is 9.32. The first kappa shape index (κ1) is 24.9. The highest BCUT2D eigenvalue weighted by Crippen LogP contribution is 2.69. The largest absolute Gasteiger partial charge is 0.479 e. The van der Waals surface area contributed by atoms with Crippen LogP contribution in [0.1, 0.15) is 31.7 Å². The van der Waals surface area contributed by atoms with E-state index >= 15 is 0 Å². The Morgan fingerprint density at radius 2 is 1.77 bits per heavy atom. The van der Waals surface area contributed by atoms with Crippen LogP contribution in [0, 0.1) is 17.8 Å². The lowest BCUT2D eigenvalue weighted by atomic mass is 9.62. The van der Waals surface area contributed by atoms with Gasteiger partial charge in [0, 0.05) is 46.5 Å². The quantitative estimate of drug-likeness (QED) is 0.303. The standard InChI is InChI=1S/C20H25BrN2O2.C4H6O6/c1-3-10-11-7-14-17-20(12-6-9(21)4-5-13(12)22(17)2)8-15(16(11)18(20)24)23(14)19(10)25;5-1(3(7)8)2(6)4(9)10/h4-6,10-11,14-19,24-25H,3,7-8H2,1-2H3;1-2,5-6H,(H,7,8)(H,9,10)/t10-,11-,14-,15-,16-,17-,18-,19+,20+;1-,2-/m01/s1. The molecule has 7 rings (SSSR count). The molecule has 192 valence electrons. The Bertz CT molecular complexity index is 1040. The van der Waals surface area contributed by atoms with E-state index < -0.39 is 24.1 Å². The third-order valence-corrected chi connectivity index (χ3v) is 9.82. The van der Waals surface area contributed by atoms with E-state index in [0.29, 0.717) is 29.8 Å². The van der Waals surface area contributed by atoms with E-state index in [0.717, 1.165) is 23.7 Å². The third kappa shape index (κ3) is 3.18. The summed E-state index contributed by atoms with van der Waals surface area (Å²) in [7, 11) is 2.18. The number of nitrogens with zero attached hydrogens (tertiary/aromatic N) is 2. The van der Waals surface area contributed by atoms with Crippen LogP contribution < -0.4 is 4.90 Å². The zero-order chi connectivity index (χ0) is 25.6. The summed E-state index contributed by atoms with van der Waals surface area (Å²) in [5, 5.41) is 55.3. The number of likely N-dealkylation sites (N-methyl/N-ethyl adjacent to an activating group) is 1. The van der Waals surface area contributed by atoms with E-state index in [1.165, 1.54) is 11.3 Å². The van der Waals surface area contributed by atoms with Crippen molar-refractivity contribution in [3.63, 3.8) is 0 Å². The van der Waals surface area contributed by atoms with Crippen LogP contribution in [-0.4, -0.2) is 97.2 Å². The van der Waals surface area contributed by atoms with Crippen molar-refractivity contribution in [1.29, 1.82) is 0 Å². The molecule has 0 radical (unpaired) electrons. The number of carboxylic acid groups (broad SMARTS) is 2. The Balaban J connectivity index is 0.000000218. The molecule has 1 aliphatic carbocycles. The molecular weight excluding hydrogens is 524 g/mol. The lowest BCUT2D eigenvalue weighted by Crippen LogP contribution is -2.72. The van der Waals surface area contributed by atoms with E-state index in [1.54, 1.807) is 0 Å². The lowest BCUT2D eigenvalue weighted by molar-refractivity contribution is -0.211. The number of carbonyl (C=O) groups is 2. The zero-order valence-corrected chi connectivity index (χ0v) is 21.0. The molecule has 1 aromatic rings. The molecule has 6 aliphatic rings. The van der Waals surface area contributed by atoms with Crippen molar-refractivity contribution in [2.24, 2.45) is 17.8 Å². The normalized spacial score (nSPS) is 43.2. The summed E-state index contributed by atoms with van der Waals surface area (Å²) in [6, 6.07) is 7.50. The highest BCUT2D eigenvalue weighted by molar-refractivity contribution is 9.10. The number of benzene rings is 1. The van der Waals surface area contributed by atoms with Crippen molar-refractivity contribution in [3.8, 4) is 0 Å². The molecule has 6 N–H and O–H groups in total. The molecule has 5 heterocycles. The van der Waals surface area contributed by atoms with Gasteiger partial charge in [-0.3, -0.25) is 4.90 Å². The summed E-state index contributed by atoms with van der Waals surface area (Å²) in [5.41, 5.74) is 2.42. The number of aliphatic carboxylic acids is 2. The Labute approximate surface area is 210 Å². The van der Waals surface area contributed by atoms with Gasteiger partial charge >= 0.3 is 11.9 Å². The van der Waals surface area contributed by atoms with E-state index in [-0.39, 0.29) is 23.8 Å². The monoisotopic (exact) mass is 554 g/mol. The first-order valence-electron chi connectivity index (χ1n) is 12.0. The maximum Gasteiger partial charge on any atom is 0.335 e. The van der Waals surface area contributed by atoms with E-state index in [4.69, 9.17) is 20.4 Å². The van der Waals surface area contributed by atoms with Gasteiger partial charge < -0.3 is 35.5 Å². The van der Waals surface area contributed by atoms with Crippen LogP contribution in [0.15, 0.2) is 22.7 Å². The second-order valence-corrected chi connectivity index (χ2v) is 11.4. The van der Waals surface area contributed by atoms with Crippen LogP contribution >= 0.6 is 15.9 Å². The van der Waals surface area contributed by atoms with Gasteiger partial charge in [0.25, 0.3) is 0 Å². The van der Waals surface area contributed by atoms with Crippen LogP contribution in [0.25, 0.3) is 0 Å². The maximum absolute atomic E-state index is 11.7. The Hall–Kier alpha value is -1.76. The predicted molar refractivity (Wildman–Crippen MR) is 127 cm³/mol. The first-order valence-corrected chi connectivity index (χ1v) is 12.7. The van der Waals surface area contributed by atoms with Gasteiger partial charge in [-0.25, -0.2) is 9.59 Å². The molecule has 5 bridgehead atoms. The van der Waals surface area contributed by atoms with Gasteiger partial charge in [-0.15, -0.1) is 0 Å². The molecule has 1 aromatic carbocycles. The first-order chi connectivity index (χ1) is 16.5. The van der Waals surface area contributed by atoms with Crippen molar-refractivity contribution in [3.05, 3.63) is 28.2 Å². The molecule has 5 aliphatic heterocycles. The van der Waals surface area contributed by atoms with Crippen molar-refractivity contribution in [1.82, 2.24) is 4.90 Å². The molecule has 0 aromatic heterocycles. The predicted octanol–water partition coefficient (Wildman–Crippen LogP) is 0.194. The SMILES string of the molecule is CC[C@H]1[C@@H]2C[C@H]3[C@@H]4N(C)c5ccc(Br)cc5[C@]45C[C@@H]([C@H]2[C@@H]5O)N3[C@@H]1O.O=C(O)[C@H](O)[C@@H](O)C(=O)O. The number of piperidine rings is 4. The molecule has 11 heteroatoms. The minimum Gasteiger partial charge on any atom is -0.479 e. The van der Waals surface area contributed by atoms with E-state index in [2.05, 4.69) is 57.9 Å². The van der Waals surface area contributed by atoms with Gasteiger partial charge in [-0.05, 0) is 48.9 Å². The minimum absolute atomic E-state index is 0.165. The van der Waals surface area contributed by atoms with Crippen molar-refractivity contribution in [2.75, 3.05) is 11.9 Å². The fraction of sp³-hybridized carbons (Fsp3) is 0.667. The molecule has 1 unspecified atom stereocenters. The number of hydrogen-bond donors (Lipinski definition) is 6. The number of aliphatic hydroxyl groups excluding tert-OH is 4. The number of anilines is 1. The second-order valence-electron chi connectivity index (χ2n) is 10.5. The van der Waals surface area contributed by atoms with Crippen LogP contribution in [0.5, 0.6) is 0 Å². The number of aliphatic hydroxyl groups is 4. The van der Waals surface area contributed by atoms with Gasteiger partial charge in [-0.2, -0.15) is 0 Å². The van der Waals surface area contributed by atoms with Crippen LogP contribution in [0.3, 0.4) is 0 Å².